The Kier molecular flexibility index (Phi) is 7.00. The van der Waals surface area contributed by atoms with Crippen LogP contribution in [-0.4, -0.2) is 29.2 Å². The van der Waals surface area contributed by atoms with Crippen molar-refractivity contribution in [1.82, 2.24) is 9.97 Å². The van der Waals surface area contributed by atoms with Gasteiger partial charge in [0.1, 0.15) is 5.75 Å². The first-order valence-corrected chi connectivity index (χ1v) is 11.9. The van der Waals surface area contributed by atoms with E-state index in [1.807, 2.05) is 60.7 Å². The summed E-state index contributed by atoms with van der Waals surface area (Å²) < 4.78 is 49.4. The molecule has 0 saturated carbocycles. The second-order valence-corrected chi connectivity index (χ2v) is 8.64. The van der Waals surface area contributed by atoms with Gasteiger partial charge < -0.3 is 15.2 Å². The third-order valence-corrected chi connectivity index (χ3v) is 6.17. The van der Waals surface area contributed by atoms with E-state index in [-0.39, 0.29) is 5.39 Å². The van der Waals surface area contributed by atoms with E-state index in [4.69, 9.17) is 20.2 Å². The number of halogens is 3. The highest BCUT2D eigenvalue weighted by molar-refractivity contribution is 6.02. The van der Waals surface area contributed by atoms with Gasteiger partial charge in [-0.3, -0.25) is 0 Å². The fraction of sp³-hybridized carbons (Fsp3) is 0.100. The summed E-state index contributed by atoms with van der Waals surface area (Å²) in [7, 11) is 1.53. The first-order valence-electron chi connectivity index (χ1n) is 11.9. The lowest BCUT2D eigenvalue weighted by atomic mass is 9.95. The molecule has 0 spiro atoms. The standard InChI is InChI=1S/C30H22F3N3O3/c1-38-22-9-5-8-21(14-22)25-17-35-28(39-29(37)30(31,32)33)24-15-23(19-6-3-2-4-7-19)26(36-27(24)25)20-12-10-18(16-34)11-13-20/h2-15,17H,16,34H2,1H3. The maximum Gasteiger partial charge on any atom is 0.491 e. The molecule has 2 aromatic heterocycles. The minimum absolute atomic E-state index is 0.147. The number of pyridine rings is 2. The first kappa shape index (κ1) is 25.9. The number of methoxy groups -OCH3 is 1. The van der Waals surface area contributed by atoms with Crippen molar-refractivity contribution in [2.45, 2.75) is 12.7 Å². The molecule has 2 heterocycles. The molecule has 2 N–H and O–H groups in total. The number of esters is 1. The lowest BCUT2D eigenvalue weighted by molar-refractivity contribution is -0.189. The molecule has 0 fully saturated rings. The van der Waals surface area contributed by atoms with Gasteiger partial charge in [-0.2, -0.15) is 13.2 Å². The number of hydrogen-bond acceptors (Lipinski definition) is 6. The topological polar surface area (TPSA) is 87.3 Å². The van der Waals surface area contributed by atoms with Crippen LogP contribution in [0.1, 0.15) is 5.56 Å². The zero-order chi connectivity index (χ0) is 27.6. The number of benzene rings is 3. The van der Waals surface area contributed by atoms with E-state index in [2.05, 4.69) is 4.98 Å². The Morgan fingerprint density at radius 1 is 0.872 bits per heavy atom. The van der Waals surface area contributed by atoms with Crippen LogP contribution in [0, 0.1) is 0 Å². The van der Waals surface area contributed by atoms with Crippen LogP contribution in [0.2, 0.25) is 0 Å². The highest BCUT2D eigenvalue weighted by atomic mass is 19.4. The minimum atomic E-state index is -5.19. The lowest BCUT2D eigenvalue weighted by Crippen LogP contribution is -2.28. The Balaban J connectivity index is 1.83. The van der Waals surface area contributed by atoms with Crippen molar-refractivity contribution in [3.05, 3.63) is 96.7 Å². The molecule has 0 aliphatic heterocycles. The summed E-state index contributed by atoms with van der Waals surface area (Å²) in [4.78, 5) is 20.9. The van der Waals surface area contributed by atoms with Crippen LogP contribution >= 0.6 is 0 Å². The molecule has 5 aromatic rings. The van der Waals surface area contributed by atoms with Gasteiger partial charge in [-0.25, -0.2) is 14.8 Å². The van der Waals surface area contributed by atoms with Gasteiger partial charge in [0.2, 0.25) is 5.88 Å². The van der Waals surface area contributed by atoms with E-state index in [0.29, 0.717) is 40.2 Å². The third-order valence-electron chi connectivity index (χ3n) is 6.17. The van der Waals surface area contributed by atoms with Crippen molar-refractivity contribution in [1.29, 1.82) is 0 Å². The molecule has 9 heteroatoms. The first-order chi connectivity index (χ1) is 18.8. The number of ether oxygens (including phenoxy) is 2. The average molecular weight is 530 g/mol. The molecule has 3 aromatic carbocycles. The van der Waals surface area contributed by atoms with Gasteiger partial charge in [-0.15, -0.1) is 0 Å². The maximum absolute atomic E-state index is 13.1. The van der Waals surface area contributed by atoms with Crippen molar-refractivity contribution >= 4 is 16.9 Å². The summed E-state index contributed by atoms with van der Waals surface area (Å²) in [5.41, 5.74) is 11.0. The quantitative estimate of drug-likeness (QED) is 0.251. The second kappa shape index (κ2) is 10.5. The van der Waals surface area contributed by atoms with Gasteiger partial charge in [0.05, 0.1) is 23.7 Å². The molecule has 39 heavy (non-hydrogen) atoms. The molecule has 0 aliphatic carbocycles. The maximum atomic E-state index is 13.1. The Morgan fingerprint density at radius 3 is 2.26 bits per heavy atom. The summed E-state index contributed by atoms with van der Waals surface area (Å²) in [5, 5.41) is 0.147. The Morgan fingerprint density at radius 2 is 1.59 bits per heavy atom. The summed E-state index contributed by atoms with van der Waals surface area (Å²) >= 11 is 0. The fourth-order valence-electron chi connectivity index (χ4n) is 4.22. The van der Waals surface area contributed by atoms with E-state index in [0.717, 1.165) is 16.7 Å². The number of aromatic nitrogens is 2. The van der Waals surface area contributed by atoms with Gasteiger partial charge >= 0.3 is 12.1 Å². The van der Waals surface area contributed by atoms with Crippen molar-refractivity contribution in [2.75, 3.05) is 7.11 Å². The molecule has 0 bridgehead atoms. The molecular formula is C30H22F3N3O3. The number of nitrogens with zero attached hydrogens (tertiary/aromatic N) is 2. The van der Waals surface area contributed by atoms with Crippen LogP contribution in [-0.2, 0) is 11.3 Å². The van der Waals surface area contributed by atoms with Gasteiger partial charge in [-0.05, 0) is 34.9 Å². The monoisotopic (exact) mass is 529 g/mol. The van der Waals surface area contributed by atoms with Crippen molar-refractivity contribution in [3.8, 4) is 45.1 Å². The van der Waals surface area contributed by atoms with Crippen LogP contribution in [0.15, 0.2) is 91.1 Å². The number of carbonyl (C=O) groups excluding carboxylic acids is 1. The predicted octanol–water partition coefficient (Wildman–Crippen LogP) is 6.57. The lowest BCUT2D eigenvalue weighted by Gasteiger charge is -2.16. The minimum Gasteiger partial charge on any atom is -0.497 e. The van der Waals surface area contributed by atoms with E-state index >= 15 is 0 Å². The number of nitrogens with two attached hydrogens (primary N) is 1. The molecule has 0 unspecified atom stereocenters. The number of alkyl halides is 3. The molecular weight excluding hydrogens is 507 g/mol. The second-order valence-electron chi connectivity index (χ2n) is 8.64. The Hall–Kier alpha value is -4.76. The van der Waals surface area contributed by atoms with Crippen LogP contribution in [0.25, 0.3) is 44.4 Å². The van der Waals surface area contributed by atoms with Crippen LogP contribution < -0.4 is 15.2 Å². The molecule has 5 rings (SSSR count). The normalized spacial score (nSPS) is 11.4. The zero-order valence-electron chi connectivity index (χ0n) is 20.7. The van der Waals surface area contributed by atoms with Gasteiger partial charge in [0.25, 0.3) is 0 Å². The number of hydrogen-bond donors (Lipinski definition) is 1. The van der Waals surface area contributed by atoms with Crippen molar-refractivity contribution < 1.29 is 27.4 Å². The molecule has 196 valence electrons. The van der Waals surface area contributed by atoms with Gasteiger partial charge in [0, 0.05) is 29.4 Å². The summed E-state index contributed by atoms with van der Waals surface area (Å²) in [5.74, 6) is -2.28. The van der Waals surface area contributed by atoms with Gasteiger partial charge in [0.15, 0.2) is 0 Å². The summed E-state index contributed by atoms with van der Waals surface area (Å²) in [6.07, 6.45) is -3.85. The average Bonchev–Trinajstić information content (AvgIpc) is 2.96. The highest BCUT2D eigenvalue weighted by Gasteiger charge is 2.42. The van der Waals surface area contributed by atoms with Crippen LogP contribution in [0.4, 0.5) is 13.2 Å². The highest BCUT2D eigenvalue weighted by Crippen LogP contribution is 2.40. The molecule has 0 radical (unpaired) electrons. The van der Waals surface area contributed by atoms with Crippen LogP contribution in [0.5, 0.6) is 11.6 Å². The molecule has 0 amide bonds. The smallest absolute Gasteiger partial charge is 0.491 e. The van der Waals surface area contributed by atoms with Gasteiger partial charge in [-0.1, -0.05) is 66.7 Å². The number of fused-ring (bicyclic) bond motifs is 1. The summed E-state index contributed by atoms with van der Waals surface area (Å²) in [6.45, 7) is 0.372. The Bertz CT molecular complexity index is 1650. The fourth-order valence-corrected chi connectivity index (χ4v) is 4.22. The molecule has 0 aliphatic rings. The number of rotatable bonds is 6. The largest absolute Gasteiger partial charge is 0.497 e. The molecule has 6 nitrogen and oxygen atoms in total. The Labute approximate surface area is 221 Å². The molecule has 0 saturated heterocycles. The van der Waals surface area contributed by atoms with E-state index < -0.39 is 18.0 Å². The third kappa shape index (κ3) is 5.30. The summed E-state index contributed by atoms with van der Waals surface area (Å²) in [6, 6.07) is 25.6. The molecule has 0 atom stereocenters. The van der Waals surface area contributed by atoms with E-state index in [1.54, 1.807) is 24.3 Å². The number of carbonyl (C=O) groups is 1. The van der Waals surface area contributed by atoms with Crippen molar-refractivity contribution in [3.63, 3.8) is 0 Å². The SMILES string of the molecule is COc1cccc(-c2cnc(OC(=O)C(F)(F)F)c3cc(-c4ccccc4)c(-c4ccc(CN)cc4)nc23)c1. The van der Waals surface area contributed by atoms with E-state index in [1.165, 1.54) is 13.3 Å². The van der Waals surface area contributed by atoms with Crippen LogP contribution in [0.3, 0.4) is 0 Å². The van der Waals surface area contributed by atoms with E-state index in [9.17, 15) is 18.0 Å². The predicted molar refractivity (Wildman–Crippen MR) is 142 cm³/mol. The zero-order valence-corrected chi connectivity index (χ0v) is 20.7. The van der Waals surface area contributed by atoms with Crippen molar-refractivity contribution in [2.24, 2.45) is 5.73 Å².